The third-order valence-corrected chi connectivity index (χ3v) is 3.18. The normalized spacial score (nSPS) is 27.5. The topological polar surface area (TPSA) is 3.24 Å². The minimum absolute atomic E-state index is 0.543. The Kier molecular flexibility index (Phi) is 3.62. The molecule has 0 atom stereocenters. The molecule has 0 saturated carbocycles. The molecule has 0 aromatic carbocycles. The minimum Gasteiger partial charge on any atom is -0.247 e. The van der Waals surface area contributed by atoms with Gasteiger partial charge < -0.3 is 0 Å². The molecule has 66 valence electrons. The molecule has 0 aliphatic carbocycles. The van der Waals surface area contributed by atoms with Crippen molar-refractivity contribution in [2.24, 2.45) is 5.41 Å². The second kappa shape index (κ2) is 4.08. The van der Waals surface area contributed by atoms with Gasteiger partial charge in [-0.3, -0.25) is 0 Å². The summed E-state index contributed by atoms with van der Waals surface area (Å²) in [6.45, 7) is 7.30. The van der Waals surface area contributed by atoms with Gasteiger partial charge >= 0.3 is 0 Å². The molecule has 0 amide bonds. The summed E-state index contributed by atoms with van der Waals surface area (Å²) < 4.78 is 2.44. The molecule has 2 heteroatoms. The van der Waals surface area contributed by atoms with Crippen molar-refractivity contribution in [1.29, 1.82) is 0 Å². The first-order chi connectivity index (χ1) is 5.10. The highest BCUT2D eigenvalue weighted by molar-refractivity contribution is 14.1. The van der Waals surface area contributed by atoms with E-state index in [1.54, 1.807) is 0 Å². The van der Waals surface area contributed by atoms with Gasteiger partial charge in [0.15, 0.2) is 0 Å². The lowest BCUT2D eigenvalue weighted by Crippen LogP contribution is -2.29. The summed E-state index contributed by atoms with van der Waals surface area (Å²) in [6, 6.07) is 0. The quantitative estimate of drug-likeness (QED) is 0.481. The van der Waals surface area contributed by atoms with E-state index in [4.69, 9.17) is 0 Å². The van der Waals surface area contributed by atoms with Crippen LogP contribution in [0.4, 0.5) is 0 Å². The summed E-state index contributed by atoms with van der Waals surface area (Å²) in [5.41, 5.74) is 0.543. The molecule has 1 fully saturated rings. The summed E-state index contributed by atoms with van der Waals surface area (Å²) in [6.07, 6.45) is 5.63. The van der Waals surface area contributed by atoms with Gasteiger partial charge in [-0.05, 0) is 18.3 Å². The largest absolute Gasteiger partial charge is 0.247 e. The highest BCUT2D eigenvalue weighted by Gasteiger charge is 2.21. The Balaban J connectivity index is 2.42. The first-order valence-electron chi connectivity index (χ1n) is 4.51. The molecule has 0 aromatic rings. The van der Waals surface area contributed by atoms with Crippen LogP contribution in [0.15, 0.2) is 0 Å². The first-order valence-corrected chi connectivity index (χ1v) is 5.47. The van der Waals surface area contributed by atoms with Crippen molar-refractivity contribution in [3.05, 3.63) is 0 Å². The van der Waals surface area contributed by atoms with Crippen molar-refractivity contribution in [1.82, 2.24) is 3.11 Å². The third kappa shape index (κ3) is 3.74. The molecule has 1 aliphatic rings. The second-order valence-corrected chi connectivity index (χ2v) is 5.68. The van der Waals surface area contributed by atoms with Gasteiger partial charge in [-0.2, -0.15) is 0 Å². The zero-order valence-corrected chi connectivity index (χ0v) is 9.73. The van der Waals surface area contributed by atoms with Crippen molar-refractivity contribution in [2.45, 2.75) is 39.5 Å². The fourth-order valence-electron chi connectivity index (χ4n) is 1.69. The molecular formula is C9H18IN. The van der Waals surface area contributed by atoms with Crippen LogP contribution < -0.4 is 0 Å². The fraction of sp³-hybridized carbons (Fsp3) is 1.00. The van der Waals surface area contributed by atoms with Gasteiger partial charge in [0.25, 0.3) is 0 Å². The van der Waals surface area contributed by atoms with Crippen molar-refractivity contribution < 1.29 is 0 Å². The number of rotatable bonds is 0. The number of nitrogens with zero attached hydrogens (tertiary/aromatic N) is 1. The SMILES string of the molecule is CC1(C)CCCCCN(I)C1. The maximum absolute atomic E-state index is 2.46. The van der Waals surface area contributed by atoms with Crippen LogP contribution in [-0.2, 0) is 0 Å². The third-order valence-electron chi connectivity index (χ3n) is 2.35. The lowest BCUT2D eigenvalue weighted by molar-refractivity contribution is 0.238. The lowest BCUT2D eigenvalue weighted by Gasteiger charge is -2.31. The van der Waals surface area contributed by atoms with Gasteiger partial charge in [0.1, 0.15) is 0 Å². The van der Waals surface area contributed by atoms with Gasteiger partial charge in [-0.15, -0.1) is 0 Å². The van der Waals surface area contributed by atoms with Crippen molar-refractivity contribution in [3.63, 3.8) is 0 Å². The molecule has 1 aliphatic heterocycles. The van der Waals surface area contributed by atoms with Crippen LogP contribution in [0.25, 0.3) is 0 Å². The maximum Gasteiger partial charge on any atom is 0.0201 e. The van der Waals surface area contributed by atoms with Crippen LogP contribution in [0.1, 0.15) is 39.5 Å². The molecule has 11 heavy (non-hydrogen) atoms. The van der Waals surface area contributed by atoms with E-state index < -0.39 is 0 Å². The summed E-state index contributed by atoms with van der Waals surface area (Å²) in [5, 5.41) is 0. The Bertz CT molecular complexity index is 123. The molecule has 0 spiro atoms. The van der Waals surface area contributed by atoms with Gasteiger partial charge in [-0.1, -0.05) is 26.7 Å². The zero-order valence-electron chi connectivity index (χ0n) is 7.57. The average molecular weight is 267 g/mol. The molecule has 0 radical (unpaired) electrons. The highest BCUT2D eigenvalue weighted by atomic mass is 127. The molecule has 1 saturated heterocycles. The predicted molar refractivity (Wildman–Crippen MR) is 57.8 cm³/mol. The molecule has 0 N–H and O–H groups in total. The molecule has 1 nitrogen and oxygen atoms in total. The summed E-state index contributed by atoms with van der Waals surface area (Å²) in [7, 11) is 0. The number of halogens is 1. The minimum atomic E-state index is 0.543. The number of hydrogen-bond acceptors (Lipinski definition) is 1. The van der Waals surface area contributed by atoms with Gasteiger partial charge in [0.2, 0.25) is 0 Å². The van der Waals surface area contributed by atoms with Gasteiger partial charge in [-0.25, -0.2) is 3.11 Å². The Labute approximate surface area is 84.0 Å². The molecule has 0 bridgehead atoms. The van der Waals surface area contributed by atoms with E-state index in [9.17, 15) is 0 Å². The monoisotopic (exact) mass is 267 g/mol. The van der Waals surface area contributed by atoms with E-state index in [0.29, 0.717) is 5.41 Å². The van der Waals surface area contributed by atoms with Crippen molar-refractivity contribution in [2.75, 3.05) is 13.1 Å². The molecule has 0 aromatic heterocycles. The molecule has 1 rings (SSSR count). The van der Waals surface area contributed by atoms with Crippen LogP contribution in [0.2, 0.25) is 0 Å². The smallest absolute Gasteiger partial charge is 0.0201 e. The summed E-state index contributed by atoms with van der Waals surface area (Å²) in [5.74, 6) is 0. The van der Waals surface area contributed by atoms with E-state index in [1.807, 2.05) is 0 Å². The van der Waals surface area contributed by atoms with Crippen LogP contribution >= 0.6 is 22.9 Å². The standard InChI is InChI=1S/C9H18IN/c1-9(2)6-4-3-5-7-11(10)8-9/h3-8H2,1-2H3. The predicted octanol–water partition coefficient (Wildman–Crippen LogP) is 3.24. The average Bonchev–Trinajstić information content (AvgIpc) is 1.82. The summed E-state index contributed by atoms with van der Waals surface area (Å²) >= 11 is 2.46. The maximum atomic E-state index is 2.46. The molecular weight excluding hydrogens is 249 g/mol. The summed E-state index contributed by atoms with van der Waals surface area (Å²) in [4.78, 5) is 0. The Hall–Kier alpha value is 0.690. The van der Waals surface area contributed by atoms with Crippen LogP contribution in [0.3, 0.4) is 0 Å². The Morgan fingerprint density at radius 1 is 1.18 bits per heavy atom. The van der Waals surface area contributed by atoms with Gasteiger partial charge in [0.05, 0.1) is 0 Å². The van der Waals surface area contributed by atoms with E-state index >= 15 is 0 Å². The fourth-order valence-corrected chi connectivity index (χ4v) is 2.95. The number of hydrogen-bond donors (Lipinski definition) is 0. The van der Waals surface area contributed by atoms with E-state index in [0.717, 1.165) is 0 Å². The second-order valence-electron chi connectivity index (χ2n) is 4.32. The highest BCUT2D eigenvalue weighted by Crippen LogP contribution is 2.28. The first kappa shape index (κ1) is 9.78. The van der Waals surface area contributed by atoms with Crippen LogP contribution in [0.5, 0.6) is 0 Å². The molecule has 1 heterocycles. The zero-order chi connectivity index (χ0) is 8.32. The molecule has 0 unspecified atom stereocenters. The Morgan fingerprint density at radius 3 is 2.64 bits per heavy atom. The van der Waals surface area contributed by atoms with E-state index in [-0.39, 0.29) is 0 Å². The van der Waals surface area contributed by atoms with E-state index in [2.05, 4.69) is 39.8 Å². The van der Waals surface area contributed by atoms with E-state index in [1.165, 1.54) is 38.8 Å². The van der Waals surface area contributed by atoms with Crippen LogP contribution in [-0.4, -0.2) is 16.2 Å². The van der Waals surface area contributed by atoms with Crippen molar-refractivity contribution >= 4 is 22.9 Å². The van der Waals surface area contributed by atoms with Crippen LogP contribution in [0, 0.1) is 5.41 Å². The van der Waals surface area contributed by atoms with Gasteiger partial charge in [0, 0.05) is 36.0 Å². The lowest BCUT2D eigenvalue weighted by atomic mass is 9.86. The van der Waals surface area contributed by atoms with Crippen molar-refractivity contribution in [3.8, 4) is 0 Å². The Morgan fingerprint density at radius 2 is 1.91 bits per heavy atom.